The summed E-state index contributed by atoms with van der Waals surface area (Å²) in [5.74, 6) is 2.99. The van der Waals surface area contributed by atoms with E-state index in [-0.39, 0.29) is 11.2 Å². The molecule has 4 rings (SSSR count). The molecule has 24 heavy (non-hydrogen) atoms. The molecule has 1 unspecified atom stereocenters. The van der Waals surface area contributed by atoms with Gasteiger partial charge in [0.2, 0.25) is 0 Å². The van der Waals surface area contributed by atoms with E-state index in [4.69, 9.17) is 0 Å². The molecule has 3 fully saturated rings. The highest BCUT2D eigenvalue weighted by molar-refractivity contribution is 5.91. The zero-order valence-electron chi connectivity index (χ0n) is 15.2. The second-order valence-corrected chi connectivity index (χ2v) is 9.24. The summed E-state index contributed by atoms with van der Waals surface area (Å²) >= 11 is 0. The van der Waals surface area contributed by atoms with Gasteiger partial charge in [0.15, 0.2) is 11.6 Å². The molecule has 0 spiro atoms. The predicted octanol–water partition coefficient (Wildman–Crippen LogP) is 3.69. The first kappa shape index (κ1) is 16.5. The van der Waals surface area contributed by atoms with Crippen LogP contribution in [0.1, 0.15) is 65.7 Å². The van der Waals surface area contributed by atoms with Crippen LogP contribution in [0.25, 0.3) is 0 Å². The van der Waals surface area contributed by atoms with E-state index < -0.39 is 5.60 Å². The Morgan fingerprint density at radius 1 is 1.21 bits per heavy atom. The van der Waals surface area contributed by atoms with Crippen molar-refractivity contribution in [3.63, 3.8) is 0 Å². The average molecular weight is 330 g/mol. The van der Waals surface area contributed by atoms with Gasteiger partial charge in [0, 0.05) is 11.8 Å². The molecule has 3 nitrogen and oxygen atoms in total. The summed E-state index contributed by atoms with van der Waals surface area (Å²) in [6.45, 7) is 6.01. The van der Waals surface area contributed by atoms with Crippen molar-refractivity contribution in [2.24, 2.45) is 35.0 Å². The van der Waals surface area contributed by atoms with E-state index in [1.54, 1.807) is 6.92 Å². The summed E-state index contributed by atoms with van der Waals surface area (Å²) in [7, 11) is 0. The Labute approximate surface area is 144 Å². The Balaban J connectivity index is 1.68. The summed E-state index contributed by atoms with van der Waals surface area (Å²) < 4.78 is 0. The summed E-state index contributed by atoms with van der Waals surface area (Å²) in [5.41, 5.74) is 0.0200. The van der Waals surface area contributed by atoms with Crippen LogP contribution < -0.4 is 0 Å². The van der Waals surface area contributed by atoms with E-state index in [1.807, 2.05) is 6.08 Å². The molecule has 3 heteroatoms. The molecule has 0 aliphatic heterocycles. The zero-order valence-corrected chi connectivity index (χ0v) is 15.2. The molecule has 4 aliphatic carbocycles. The first-order valence-corrected chi connectivity index (χ1v) is 9.75. The smallest absolute Gasteiger partial charge is 0.161 e. The van der Waals surface area contributed by atoms with E-state index in [1.165, 1.54) is 5.57 Å². The van der Waals surface area contributed by atoms with Gasteiger partial charge in [0.25, 0.3) is 0 Å². The van der Waals surface area contributed by atoms with Crippen LogP contribution in [0.5, 0.6) is 0 Å². The Bertz CT molecular complexity index is 621. The van der Waals surface area contributed by atoms with Gasteiger partial charge in [0.05, 0.1) is 0 Å². The lowest BCUT2D eigenvalue weighted by molar-refractivity contribution is -0.158. The van der Waals surface area contributed by atoms with Crippen molar-refractivity contribution in [3.8, 4) is 0 Å². The number of Topliss-reactive ketones (excluding diaryl/α,β-unsaturated/α-hetero) is 1. The number of fused-ring (bicyclic) bond motifs is 5. The van der Waals surface area contributed by atoms with Crippen molar-refractivity contribution < 1.29 is 14.7 Å². The molecule has 0 aromatic rings. The van der Waals surface area contributed by atoms with Gasteiger partial charge in [-0.15, -0.1) is 0 Å². The lowest BCUT2D eigenvalue weighted by atomic mass is 9.49. The average Bonchev–Trinajstić information content (AvgIpc) is 2.81. The van der Waals surface area contributed by atoms with Crippen LogP contribution in [0.2, 0.25) is 0 Å². The number of aliphatic hydroxyl groups is 1. The molecule has 0 heterocycles. The number of hydrogen-bond donors (Lipinski definition) is 1. The molecule has 0 aromatic heterocycles. The van der Waals surface area contributed by atoms with E-state index >= 15 is 0 Å². The standard InChI is InChI=1S/C21H30O3/c1-12-10-18-16(15-5-4-14(23)11-17(12)15)6-8-20(3)19(18)7-9-21(20,24)13(2)22/h11-12,15-16,18-19,24H,4-10H2,1-3H3/t12?,15-,16-,18-,19+,20+,21+/m1/s1. The predicted molar refractivity (Wildman–Crippen MR) is 92.3 cm³/mol. The molecule has 0 bridgehead atoms. The Hall–Kier alpha value is -0.960. The lowest BCUT2D eigenvalue weighted by Crippen LogP contribution is -2.56. The molecule has 0 radical (unpaired) electrons. The fourth-order valence-electron chi connectivity index (χ4n) is 7.09. The van der Waals surface area contributed by atoms with Gasteiger partial charge in [-0.2, -0.15) is 0 Å². The minimum Gasteiger partial charge on any atom is -0.382 e. The van der Waals surface area contributed by atoms with Crippen molar-refractivity contribution >= 4 is 11.6 Å². The van der Waals surface area contributed by atoms with Gasteiger partial charge >= 0.3 is 0 Å². The Kier molecular flexibility index (Phi) is 3.62. The van der Waals surface area contributed by atoms with Gasteiger partial charge in [0.1, 0.15) is 5.60 Å². The molecule has 132 valence electrons. The third-order valence-electron chi connectivity index (χ3n) is 8.40. The second kappa shape index (κ2) is 5.27. The normalized spacial score (nSPS) is 50.6. The van der Waals surface area contributed by atoms with Crippen LogP contribution in [0.3, 0.4) is 0 Å². The molecule has 1 N–H and O–H groups in total. The largest absolute Gasteiger partial charge is 0.382 e. The maximum absolute atomic E-state index is 12.2. The van der Waals surface area contributed by atoms with Gasteiger partial charge in [-0.3, -0.25) is 9.59 Å². The molecule has 4 aliphatic rings. The van der Waals surface area contributed by atoms with E-state index in [0.717, 1.165) is 32.1 Å². The molecule has 7 atom stereocenters. The molecule has 3 saturated carbocycles. The minimum absolute atomic E-state index is 0.0429. The van der Waals surface area contributed by atoms with E-state index in [9.17, 15) is 14.7 Å². The van der Waals surface area contributed by atoms with Crippen LogP contribution in [-0.4, -0.2) is 22.3 Å². The van der Waals surface area contributed by atoms with Gasteiger partial charge in [-0.25, -0.2) is 0 Å². The number of carbonyl (C=O) groups is 2. The molecular weight excluding hydrogens is 300 g/mol. The fourth-order valence-corrected chi connectivity index (χ4v) is 7.09. The van der Waals surface area contributed by atoms with E-state index in [0.29, 0.717) is 48.2 Å². The Morgan fingerprint density at radius 2 is 1.96 bits per heavy atom. The number of carbonyl (C=O) groups excluding carboxylic acids is 2. The Morgan fingerprint density at radius 3 is 2.67 bits per heavy atom. The highest BCUT2D eigenvalue weighted by atomic mass is 16.3. The van der Waals surface area contributed by atoms with Crippen LogP contribution in [-0.2, 0) is 9.59 Å². The minimum atomic E-state index is -1.12. The first-order valence-electron chi connectivity index (χ1n) is 9.75. The summed E-state index contributed by atoms with van der Waals surface area (Å²) in [5, 5.41) is 11.1. The lowest BCUT2D eigenvalue weighted by Gasteiger charge is -2.56. The maximum atomic E-state index is 12.2. The molecular formula is C21H30O3. The second-order valence-electron chi connectivity index (χ2n) is 9.24. The SMILES string of the molecule is CC(=O)[C@@]1(O)CC[C@H]2[C@@H]3CC(C)C4=CC(=O)CC[C@@H]4[C@H]3CC[C@@]21C. The van der Waals surface area contributed by atoms with Crippen molar-refractivity contribution in [1.29, 1.82) is 0 Å². The monoisotopic (exact) mass is 330 g/mol. The van der Waals surface area contributed by atoms with Crippen molar-refractivity contribution in [3.05, 3.63) is 11.6 Å². The highest BCUT2D eigenvalue weighted by Crippen LogP contribution is 2.65. The van der Waals surface area contributed by atoms with Crippen molar-refractivity contribution in [2.45, 2.75) is 71.3 Å². The number of allylic oxidation sites excluding steroid dienone is 1. The highest BCUT2D eigenvalue weighted by Gasteiger charge is 2.64. The van der Waals surface area contributed by atoms with Crippen LogP contribution in [0.15, 0.2) is 11.6 Å². The van der Waals surface area contributed by atoms with Crippen LogP contribution in [0.4, 0.5) is 0 Å². The number of ketones is 2. The van der Waals surface area contributed by atoms with Crippen molar-refractivity contribution in [1.82, 2.24) is 0 Å². The topological polar surface area (TPSA) is 54.4 Å². The zero-order chi connectivity index (χ0) is 17.3. The summed E-state index contributed by atoms with van der Waals surface area (Å²) in [4.78, 5) is 24.1. The van der Waals surface area contributed by atoms with Crippen LogP contribution >= 0.6 is 0 Å². The van der Waals surface area contributed by atoms with Crippen molar-refractivity contribution in [2.75, 3.05) is 0 Å². The summed E-state index contributed by atoms with van der Waals surface area (Å²) in [6.07, 6.45) is 8.42. The maximum Gasteiger partial charge on any atom is 0.161 e. The fraction of sp³-hybridized carbons (Fsp3) is 0.810. The molecule has 0 amide bonds. The number of rotatable bonds is 1. The van der Waals surface area contributed by atoms with Gasteiger partial charge < -0.3 is 5.11 Å². The number of hydrogen-bond acceptors (Lipinski definition) is 3. The molecule has 0 saturated heterocycles. The first-order chi connectivity index (χ1) is 11.3. The third kappa shape index (κ3) is 2.00. The van der Waals surface area contributed by atoms with Gasteiger partial charge in [-0.05, 0) is 81.1 Å². The van der Waals surface area contributed by atoms with Gasteiger partial charge in [-0.1, -0.05) is 19.4 Å². The van der Waals surface area contributed by atoms with Crippen LogP contribution in [0, 0.1) is 35.0 Å². The quantitative estimate of drug-likeness (QED) is 0.797. The third-order valence-corrected chi connectivity index (χ3v) is 8.40. The summed E-state index contributed by atoms with van der Waals surface area (Å²) in [6, 6.07) is 0. The van der Waals surface area contributed by atoms with E-state index in [2.05, 4.69) is 13.8 Å². The molecule has 0 aromatic carbocycles.